The van der Waals surface area contributed by atoms with Crippen LogP contribution in [0, 0.1) is 0 Å². The van der Waals surface area contributed by atoms with E-state index in [4.69, 9.17) is 9.47 Å². The molecule has 2 aromatic rings. The molecular weight excluding hydrogens is 274 g/mol. The first kappa shape index (κ1) is 14.5. The van der Waals surface area contributed by atoms with E-state index in [9.17, 15) is 0 Å². The number of fused-ring (bicyclic) bond motifs is 1. The topological polar surface area (TPSA) is 30.5 Å². The summed E-state index contributed by atoms with van der Waals surface area (Å²) in [5, 5.41) is 3.53. The lowest BCUT2D eigenvalue weighted by atomic mass is 9.94. The number of allylic oxidation sites excluding steroid dienone is 1. The summed E-state index contributed by atoms with van der Waals surface area (Å²) < 4.78 is 10.8. The maximum Gasteiger partial charge on any atom is 0.126 e. The van der Waals surface area contributed by atoms with Gasteiger partial charge in [-0.25, -0.2) is 0 Å². The average Bonchev–Trinajstić information content (AvgIpc) is 2.59. The lowest BCUT2D eigenvalue weighted by molar-refractivity contribution is 0.390. The number of nitrogens with one attached hydrogen (secondary N) is 1. The molecule has 114 valence electrons. The van der Waals surface area contributed by atoms with Crippen LogP contribution in [0.1, 0.15) is 23.1 Å². The van der Waals surface area contributed by atoms with E-state index >= 15 is 0 Å². The first-order valence-electron chi connectivity index (χ1n) is 7.53. The summed E-state index contributed by atoms with van der Waals surface area (Å²) in [6.07, 6.45) is 4.19. The quantitative estimate of drug-likeness (QED) is 0.910. The summed E-state index contributed by atoms with van der Waals surface area (Å²) >= 11 is 0. The minimum absolute atomic E-state index is 0.830. The van der Waals surface area contributed by atoms with Gasteiger partial charge in [-0.05, 0) is 36.1 Å². The molecule has 0 atom stereocenters. The van der Waals surface area contributed by atoms with Crippen molar-refractivity contribution >= 4 is 6.08 Å². The highest BCUT2D eigenvalue weighted by atomic mass is 16.5. The van der Waals surface area contributed by atoms with Gasteiger partial charge in [-0.1, -0.05) is 30.3 Å². The van der Waals surface area contributed by atoms with E-state index in [0.717, 1.165) is 30.9 Å². The first-order chi connectivity index (χ1) is 10.8. The van der Waals surface area contributed by atoms with Crippen LogP contribution in [0.5, 0.6) is 11.5 Å². The fourth-order valence-electron chi connectivity index (χ4n) is 2.81. The molecule has 0 spiro atoms. The molecule has 0 fully saturated rings. The highest BCUT2D eigenvalue weighted by molar-refractivity contribution is 5.65. The van der Waals surface area contributed by atoms with Crippen molar-refractivity contribution in [1.82, 2.24) is 5.32 Å². The van der Waals surface area contributed by atoms with Gasteiger partial charge in [0.05, 0.1) is 14.2 Å². The standard InChI is InChI=1S/C19H21NO2/c1-21-17-11-15-10-16(8-9-18(15)19(12-17)22-2)20-13-14-6-4-3-5-7-14/h3-7,10-12,20H,8-9,13H2,1-2H3. The van der Waals surface area contributed by atoms with E-state index < -0.39 is 0 Å². The SMILES string of the molecule is COc1cc2c(c(OC)c1)CCC(NCc1ccccc1)=C2. The number of benzene rings is 2. The zero-order valence-corrected chi connectivity index (χ0v) is 13.1. The van der Waals surface area contributed by atoms with Crippen molar-refractivity contribution in [3.8, 4) is 11.5 Å². The van der Waals surface area contributed by atoms with Gasteiger partial charge in [0.25, 0.3) is 0 Å². The minimum Gasteiger partial charge on any atom is -0.497 e. The van der Waals surface area contributed by atoms with Crippen LogP contribution >= 0.6 is 0 Å². The number of hydrogen-bond donors (Lipinski definition) is 1. The Bertz CT molecular complexity index is 677. The monoisotopic (exact) mass is 295 g/mol. The van der Waals surface area contributed by atoms with Gasteiger partial charge in [-0.3, -0.25) is 0 Å². The molecule has 22 heavy (non-hydrogen) atoms. The van der Waals surface area contributed by atoms with Crippen LogP contribution in [-0.4, -0.2) is 14.2 Å². The van der Waals surface area contributed by atoms with Crippen LogP contribution in [0.2, 0.25) is 0 Å². The molecule has 0 saturated carbocycles. The van der Waals surface area contributed by atoms with Crippen LogP contribution in [0.25, 0.3) is 6.08 Å². The summed E-state index contributed by atoms with van der Waals surface area (Å²) in [6.45, 7) is 0.850. The molecule has 0 amide bonds. The third-order valence-electron chi connectivity index (χ3n) is 4.01. The Balaban J connectivity index is 1.80. The van der Waals surface area contributed by atoms with Gasteiger partial charge in [0.2, 0.25) is 0 Å². The van der Waals surface area contributed by atoms with Crippen molar-refractivity contribution in [1.29, 1.82) is 0 Å². The van der Waals surface area contributed by atoms with Crippen LogP contribution in [-0.2, 0) is 13.0 Å². The summed E-state index contributed by atoms with van der Waals surface area (Å²) in [5.41, 5.74) is 4.98. The van der Waals surface area contributed by atoms with E-state index in [0.29, 0.717) is 0 Å². The fraction of sp³-hybridized carbons (Fsp3) is 0.263. The smallest absolute Gasteiger partial charge is 0.126 e. The van der Waals surface area contributed by atoms with Crippen LogP contribution in [0.3, 0.4) is 0 Å². The molecule has 0 unspecified atom stereocenters. The number of ether oxygens (including phenoxy) is 2. The Hall–Kier alpha value is -2.42. The maximum atomic E-state index is 5.49. The molecular formula is C19H21NO2. The third-order valence-corrected chi connectivity index (χ3v) is 4.01. The van der Waals surface area contributed by atoms with E-state index in [1.165, 1.54) is 22.4 Å². The molecule has 0 aliphatic heterocycles. The van der Waals surface area contributed by atoms with Gasteiger partial charge < -0.3 is 14.8 Å². The lowest BCUT2D eigenvalue weighted by Crippen LogP contribution is -2.16. The van der Waals surface area contributed by atoms with Crippen molar-refractivity contribution < 1.29 is 9.47 Å². The van der Waals surface area contributed by atoms with Crippen molar-refractivity contribution in [3.05, 3.63) is 64.9 Å². The molecule has 2 aromatic carbocycles. The van der Waals surface area contributed by atoms with Gasteiger partial charge >= 0.3 is 0 Å². The predicted octanol–water partition coefficient (Wildman–Crippen LogP) is 3.78. The van der Waals surface area contributed by atoms with Crippen LogP contribution < -0.4 is 14.8 Å². The molecule has 1 N–H and O–H groups in total. The third kappa shape index (κ3) is 3.08. The van der Waals surface area contributed by atoms with E-state index in [2.05, 4.69) is 41.7 Å². The molecule has 0 heterocycles. The Morgan fingerprint density at radius 3 is 2.55 bits per heavy atom. The summed E-state index contributed by atoms with van der Waals surface area (Å²) in [5.74, 6) is 1.74. The highest BCUT2D eigenvalue weighted by Crippen LogP contribution is 2.34. The van der Waals surface area contributed by atoms with Crippen LogP contribution in [0.15, 0.2) is 48.2 Å². The minimum atomic E-state index is 0.830. The maximum absolute atomic E-state index is 5.49. The fourth-order valence-corrected chi connectivity index (χ4v) is 2.81. The second-order valence-electron chi connectivity index (χ2n) is 5.41. The molecule has 3 nitrogen and oxygen atoms in total. The van der Waals surface area contributed by atoms with Gasteiger partial charge in [0.1, 0.15) is 11.5 Å². The molecule has 1 aliphatic rings. The molecule has 0 bridgehead atoms. The largest absolute Gasteiger partial charge is 0.497 e. The van der Waals surface area contributed by atoms with E-state index in [-0.39, 0.29) is 0 Å². The molecule has 0 saturated heterocycles. The van der Waals surface area contributed by atoms with Gasteiger partial charge in [0.15, 0.2) is 0 Å². The van der Waals surface area contributed by atoms with Gasteiger partial charge in [0, 0.05) is 23.9 Å². The van der Waals surface area contributed by atoms with Crippen molar-refractivity contribution in [2.45, 2.75) is 19.4 Å². The number of hydrogen-bond acceptors (Lipinski definition) is 3. The summed E-state index contributed by atoms with van der Waals surface area (Å²) in [7, 11) is 3.39. The normalized spacial score (nSPS) is 13.1. The Morgan fingerprint density at radius 1 is 1.00 bits per heavy atom. The summed E-state index contributed by atoms with van der Waals surface area (Å²) in [6, 6.07) is 14.5. The number of methoxy groups -OCH3 is 2. The highest BCUT2D eigenvalue weighted by Gasteiger charge is 2.16. The predicted molar refractivity (Wildman–Crippen MR) is 89.1 cm³/mol. The van der Waals surface area contributed by atoms with E-state index in [1.54, 1.807) is 14.2 Å². The Kier molecular flexibility index (Phi) is 4.33. The van der Waals surface area contributed by atoms with Gasteiger partial charge in [-0.15, -0.1) is 0 Å². The van der Waals surface area contributed by atoms with Crippen molar-refractivity contribution in [2.75, 3.05) is 14.2 Å². The summed E-state index contributed by atoms with van der Waals surface area (Å²) in [4.78, 5) is 0. The average molecular weight is 295 g/mol. The molecule has 3 heteroatoms. The Labute approximate surface area is 131 Å². The lowest BCUT2D eigenvalue weighted by Gasteiger charge is -2.21. The second-order valence-corrected chi connectivity index (χ2v) is 5.41. The first-order valence-corrected chi connectivity index (χ1v) is 7.53. The zero-order valence-electron chi connectivity index (χ0n) is 13.1. The van der Waals surface area contributed by atoms with E-state index in [1.807, 2.05) is 12.1 Å². The van der Waals surface area contributed by atoms with Crippen LogP contribution in [0.4, 0.5) is 0 Å². The Morgan fingerprint density at radius 2 is 1.82 bits per heavy atom. The van der Waals surface area contributed by atoms with Crippen molar-refractivity contribution in [2.24, 2.45) is 0 Å². The van der Waals surface area contributed by atoms with Gasteiger partial charge in [-0.2, -0.15) is 0 Å². The number of rotatable bonds is 5. The molecule has 3 rings (SSSR count). The second kappa shape index (κ2) is 6.56. The molecule has 0 radical (unpaired) electrons. The van der Waals surface area contributed by atoms with Crippen molar-refractivity contribution in [3.63, 3.8) is 0 Å². The molecule has 1 aliphatic carbocycles. The molecule has 0 aromatic heterocycles. The zero-order chi connectivity index (χ0) is 15.4.